The topological polar surface area (TPSA) is 136 Å². The van der Waals surface area contributed by atoms with Crippen LogP contribution in [0.4, 0.5) is 0 Å². The van der Waals surface area contributed by atoms with Gasteiger partial charge in [0.1, 0.15) is 11.6 Å². The fraction of sp³-hybridized carbons (Fsp3) is 0.400. The first-order chi connectivity index (χ1) is 8.95. The third kappa shape index (κ3) is 4.28. The molecule has 0 saturated heterocycles. The van der Waals surface area contributed by atoms with Crippen LogP contribution in [0.3, 0.4) is 0 Å². The molecule has 0 unspecified atom stereocenters. The Morgan fingerprint density at radius 2 is 2.16 bits per heavy atom. The average molecular weight is 287 g/mol. The maximum absolute atomic E-state index is 11.4. The minimum absolute atomic E-state index is 0.282. The molecule has 9 heteroatoms. The highest BCUT2D eigenvalue weighted by Gasteiger charge is 2.15. The molecule has 0 amide bonds. The third-order valence-corrected chi connectivity index (χ3v) is 2.87. The van der Waals surface area contributed by atoms with Crippen LogP contribution in [0.2, 0.25) is 0 Å². The van der Waals surface area contributed by atoms with Gasteiger partial charge in [0.05, 0.1) is 0 Å². The van der Waals surface area contributed by atoms with Gasteiger partial charge < -0.3 is 10.2 Å². The van der Waals surface area contributed by atoms with Gasteiger partial charge in [-0.3, -0.25) is 19.8 Å². The second-order valence-electron chi connectivity index (χ2n) is 3.58. The highest BCUT2D eigenvalue weighted by molar-refractivity contribution is 7.98. The van der Waals surface area contributed by atoms with Gasteiger partial charge in [0.2, 0.25) is 5.88 Å². The van der Waals surface area contributed by atoms with Gasteiger partial charge in [-0.1, -0.05) is 0 Å². The molecule has 1 atom stereocenters. The van der Waals surface area contributed by atoms with Crippen LogP contribution < -0.4 is 11.2 Å². The molecule has 19 heavy (non-hydrogen) atoms. The molecule has 0 aromatic carbocycles. The Balaban J connectivity index is 2.99. The molecule has 1 aromatic heterocycles. The van der Waals surface area contributed by atoms with Crippen LogP contribution in [-0.4, -0.2) is 50.4 Å². The monoisotopic (exact) mass is 287 g/mol. The number of rotatable bonds is 6. The Kier molecular flexibility index (Phi) is 5.37. The molecule has 0 aliphatic heterocycles. The number of nitrogens with zero attached hydrogens (tertiary/aromatic N) is 1. The molecule has 4 N–H and O–H groups in total. The van der Waals surface area contributed by atoms with Crippen LogP contribution >= 0.6 is 11.8 Å². The van der Waals surface area contributed by atoms with Gasteiger partial charge in [0, 0.05) is 6.21 Å². The van der Waals surface area contributed by atoms with Crippen molar-refractivity contribution in [3.05, 3.63) is 26.4 Å². The number of aromatic hydroxyl groups is 1. The van der Waals surface area contributed by atoms with Crippen molar-refractivity contribution in [2.75, 3.05) is 12.0 Å². The number of carbonyl (C=O) groups is 1. The predicted octanol–water partition coefficient (Wildman–Crippen LogP) is -0.606. The first-order valence-electron chi connectivity index (χ1n) is 5.26. The van der Waals surface area contributed by atoms with Crippen LogP contribution in [0.5, 0.6) is 5.88 Å². The molecular formula is C10H13N3O5S. The summed E-state index contributed by atoms with van der Waals surface area (Å²) in [6, 6.07) is -1.00. The van der Waals surface area contributed by atoms with E-state index in [0.29, 0.717) is 12.2 Å². The zero-order chi connectivity index (χ0) is 14.4. The summed E-state index contributed by atoms with van der Waals surface area (Å²) in [6.45, 7) is 0. The van der Waals surface area contributed by atoms with Crippen LogP contribution in [0.15, 0.2) is 14.6 Å². The van der Waals surface area contributed by atoms with Crippen molar-refractivity contribution in [3.63, 3.8) is 0 Å². The van der Waals surface area contributed by atoms with Crippen LogP contribution in [-0.2, 0) is 4.79 Å². The SMILES string of the molecule is CSCC[C@H](N=Cc1c(O)[nH]c(=O)[nH]c1=O)C(=O)O. The summed E-state index contributed by atoms with van der Waals surface area (Å²) in [5, 5.41) is 18.3. The molecule has 1 rings (SSSR count). The largest absolute Gasteiger partial charge is 0.494 e. The summed E-state index contributed by atoms with van der Waals surface area (Å²) in [6.07, 6.45) is 3.08. The number of aliphatic imine (C=N–C) groups is 1. The first kappa shape index (κ1) is 15.0. The lowest BCUT2D eigenvalue weighted by atomic mass is 10.2. The van der Waals surface area contributed by atoms with E-state index in [1.807, 2.05) is 16.2 Å². The minimum atomic E-state index is -1.12. The van der Waals surface area contributed by atoms with Crippen molar-refractivity contribution in [2.45, 2.75) is 12.5 Å². The maximum Gasteiger partial charge on any atom is 0.328 e. The van der Waals surface area contributed by atoms with E-state index in [4.69, 9.17) is 5.11 Å². The molecule has 0 spiro atoms. The van der Waals surface area contributed by atoms with Crippen molar-refractivity contribution < 1.29 is 15.0 Å². The first-order valence-corrected chi connectivity index (χ1v) is 6.65. The smallest absolute Gasteiger partial charge is 0.328 e. The molecule has 1 aromatic rings. The van der Waals surface area contributed by atoms with E-state index in [0.717, 1.165) is 6.21 Å². The van der Waals surface area contributed by atoms with E-state index in [1.165, 1.54) is 11.8 Å². The second kappa shape index (κ2) is 6.78. The maximum atomic E-state index is 11.4. The zero-order valence-corrected chi connectivity index (χ0v) is 10.9. The Morgan fingerprint density at radius 3 is 2.68 bits per heavy atom. The quantitative estimate of drug-likeness (QED) is 0.515. The zero-order valence-electron chi connectivity index (χ0n) is 10.0. The van der Waals surface area contributed by atoms with Gasteiger partial charge in [-0.05, 0) is 18.4 Å². The van der Waals surface area contributed by atoms with Crippen molar-refractivity contribution in [3.8, 4) is 5.88 Å². The number of aliphatic carboxylic acids is 1. The Labute approximate surface area is 111 Å². The number of carboxylic acid groups (broad SMARTS) is 1. The Hall–Kier alpha value is -2.03. The van der Waals surface area contributed by atoms with Gasteiger partial charge in [-0.2, -0.15) is 11.8 Å². The molecule has 0 radical (unpaired) electrons. The number of thioether (sulfide) groups is 1. The van der Waals surface area contributed by atoms with E-state index in [1.54, 1.807) is 0 Å². The molecule has 0 fully saturated rings. The Morgan fingerprint density at radius 1 is 1.47 bits per heavy atom. The minimum Gasteiger partial charge on any atom is -0.494 e. The lowest BCUT2D eigenvalue weighted by molar-refractivity contribution is -0.138. The van der Waals surface area contributed by atoms with Gasteiger partial charge in [0.15, 0.2) is 0 Å². The van der Waals surface area contributed by atoms with Gasteiger partial charge in [0.25, 0.3) is 5.56 Å². The van der Waals surface area contributed by atoms with Crippen molar-refractivity contribution in [2.24, 2.45) is 4.99 Å². The summed E-state index contributed by atoms with van der Waals surface area (Å²) >= 11 is 1.48. The second-order valence-corrected chi connectivity index (χ2v) is 4.57. The molecule has 0 aliphatic carbocycles. The number of carboxylic acids is 1. The van der Waals surface area contributed by atoms with Crippen molar-refractivity contribution >= 4 is 23.9 Å². The number of nitrogens with one attached hydrogen (secondary N) is 2. The van der Waals surface area contributed by atoms with E-state index < -0.39 is 29.1 Å². The lowest BCUT2D eigenvalue weighted by Crippen LogP contribution is -2.26. The predicted molar refractivity (Wildman–Crippen MR) is 71.4 cm³/mol. The molecule has 104 valence electrons. The summed E-state index contributed by atoms with van der Waals surface area (Å²) in [5.74, 6) is -1.17. The van der Waals surface area contributed by atoms with Crippen molar-refractivity contribution in [1.82, 2.24) is 9.97 Å². The number of hydrogen-bond donors (Lipinski definition) is 4. The fourth-order valence-corrected chi connectivity index (χ4v) is 1.72. The normalized spacial score (nSPS) is 12.7. The number of aromatic nitrogens is 2. The van der Waals surface area contributed by atoms with E-state index in [-0.39, 0.29) is 5.56 Å². The standard InChI is InChI=1S/C10H13N3O5S/c1-19-3-2-6(9(16)17)11-4-5-7(14)12-10(18)13-8(5)15/h4,6H,2-3H2,1H3,(H,16,17)(H3,12,13,14,15,18)/t6-/m0/s1. The number of aromatic amines is 2. The molecule has 0 saturated carbocycles. The molecule has 0 bridgehead atoms. The highest BCUT2D eigenvalue weighted by atomic mass is 32.2. The molecule has 0 aliphatic rings. The summed E-state index contributed by atoms with van der Waals surface area (Å²) < 4.78 is 0. The Bertz CT molecular complexity index is 592. The van der Waals surface area contributed by atoms with E-state index in [9.17, 15) is 19.5 Å². The van der Waals surface area contributed by atoms with Gasteiger partial charge in [-0.15, -0.1) is 0 Å². The molecule has 8 nitrogen and oxygen atoms in total. The molecule has 1 heterocycles. The van der Waals surface area contributed by atoms with Crippen LogP contribution in [0.1, 0.15) is 12.0 Å². The van der Waals surface area contributed by atoms with Crippen LogP contribution in [0, 0.1) is 0 Å². The molecular weight excluding hydrogens is 274 g/mol. The highest BCUT2D eigenvalue weighted by Crippen LogP contribution is 2.06. The van der Waals surface area contributed by atoms with Gasteiger partial charge >= 0.3 is 11.7 Å². The van der Waals surface area contributed by atoms with Gasteiger partial charge in [-0.25, -0.2) is 9.59 Å². The van der Waals surface area contributed by atoms with Crippen molar-refractivity contribution in [1.29, 1.82) is 0 Å². The summed E-state index contributed by atoms with van der Waals surface area (Å²) in [7, 11) is 0. The number of H-pyrrole nitrogens is 2. The lowest BCUT2D eigenvalue weighted by Gasteiger charge is -2.05. The number of hydrogen-bond acceptors (Lipinski definition) is 6. The average Bonchev–Trinajstić information content (AvgIpc) is 2.31. The van der Waals surface area contributed by atoms with E-state index >= 15 is 0 Å². The summed E-state index contributed by atoms with van der Waals surface area (Å²) in [5.41, 5.74) is -1.97. The third-order valence-electron chi connectivity index (χ3n) is 2.22. The van der Waals surface area contributed by atoms with E-state index in [2.05, 4.69) is 4.99 Å². The van der Waals surface area contributed by atoms with Crippen LogP contribution in [0.25, 0.3) is 0 Å². The fourth-order valence-electron chi connectivity index (χ4n) is 1.26. The summed E-state index contributed by atoms with van der Waals surface area (Å²) in [4.78, 5) is 40.8.